The summed E-state index contributed by atoms with van der Waals surface area (Å²) in [5.74, 6) is -0.470. The first-order chi connectivity index (χ1) is 15.5. The molecule has 0 saturated carbocycles. The molecule has 0 fully saturated rings. The van der Waals surface area contributed by atoms with Gasteiger partial charge < -0.3 is 5.11 Å². The van der Waals surface area contributed by atoms with Crippen LogP contribution in [0.15, 0.2) is 85.1 Å². The molecule has 0 spiro atoms. The molecule has 0 amide bonds. The number of rotatable bonds is 7. The first-order valence-corrected chi connectivity index (χ1v) is 10.7. The van der Waals surface area contributed by atoms with Crippen LogP contribution < -0.4 is 0 Å². The molecule has 3 aromatic carbocycles. The molecule has 4 aromatic rings. The van der Waals surface area contributed by atoms with Gasteiger partial charge in [0.2, 0.25) is 0 Å². The van der Waals surface area contributed by atoms with Gasteiger partial charge in [-0.3, -0.25) is 5.10 Å². The Morgan fingerprint density at radius 3 is 2.38 bits per heavy atom. The van der Waals surface area contributed by atoms with Crippen molar-refractivity contribution in [1.29, 1.82) is 0 Å². The Morgan fingerprint density at radius 2 is 1.69 bits per heavy atom. The number of nitrogens with zero attached hydrogens (tertiary/aromatic N) is 1. The molecule has 0 bridgehead atoms. The van der Waals surface area contributed by atoms with E-state index >= 15 is 0 Å². The summed E-state index contributed by atoms with van der Waals surface area (Å²) in [6, 6.07) is 25.0. The SMILES string of the molecule is CC(C)CC(=C(c1ccc(C=CC(=O)O)cc1)c1ccc2[nH]ncc2c1)c1ccccc1. The molecular formula is C28H26N2O2. The number of benzene rings is 3. The van der Waals surface area contributed by atoms with Crippen LogP contribution in [0.25, 0.3) is 28.1 Å². The van der Waals surface area contributed by atoms with E-state index in [1.807, 2.05) is 24.4 Å². The summed E-state index contributed by atoms with van der Waals surface area (Å²) in [4.78, 5) is 10.9. The zero-order valence-electron chi connectivity index (χ0n) is 18.2. The van der Waals surface area contributed by atoms with Crippen molar-refractivity contribution in [2.45, 2.75) is 20.3 Å². The lowest BCUT2D eigenvalue weighted by Crippen LogP contribution is -1.99. The smallest absolute Gasteiger partial charge is 0.328 e. The van der Waals surface area contributed by atoms with E-state index in [0.717, 1.165) is 40.1 Å². The van der Waals surface area contributed by atoms with E-state index in [2.05, 4.69) is 78.6 Å². The van der Waals surface area contributed by atoms with Gasteiger partial charge in [0.05, 0.1) is 11.7 Å². The monoisotopic (exact) mass is 422 g/mol. The predicted octanol–water partition coefficient (Wildman–Crippen LogP) is 6.67. The molecule has 0 aliphatic heterocycles. The molecule has 2 N–H and O–H groups in total. The number of carbonyl (C=O) groups is 1. The van der Waals surface area contributed by atoms with E-state index in [4.69, 9.17) is 5.11 Å². The van der Waals surface area contributed by atoms with E-state index in [0.29, 0.717) is 5.92 Å². The second-order valence-corrected chi connectivity index (χ2v) is 8.28. The average molecular weight is 423 g/mol. The Labute approximate surface area is 187 Å². The van der Waals surface area contributed by atoms with Gasteiger partial charge in [-0.1, -0.05) is 74.5 Å². The molecule has 1 aromatic heterocycles. The highest BCUT2D eigenvalue weighted by Crippen LogP contribution is 2.37. The van der Waals surface area contributed by atoms with Crippen LogP contribution >= 0.6 is 0 Å². The van der Waals surface area contributed by atoms with Crippen LogP contribution in [0.2, 0.25) is 0 Å². The number of allylic oxidation sites excluding steroid dienone is 1. The minimum absolute atomic E-state index is 0.482. The third-order valence-corrected chi connectivity index (χ3v) is 5.38. The van der Waals surface area contributed by atoms with Crippen molar-refractivity contribution >= 4 is 34.1 Å². The van der Waals surface area contributed by atoms with Crippen molar-refractivity contribution < 1.29 is 9.90 Å². The molecule has 0 unspecified atom stereocenters. The lowest BCUT2D eigenvalue weighted by atomic mass is 9.85. The molecule has 32 heavy (non-hydrogen) atoms. The number of H-pyrrole nitrogens is 1. The summed E-state index contributed by atoms with van der Waals surface area (Å²) in [5, 5.41) is 17.2. The average Bonchev–Trinajstić information content (AvgIpc) is 3.26. The number of hydrogen-bond acceptors (Lipinski definition) is 2. The third kappa shape index (κ3) is 4.86. The largest absolute Gasteiger partial charge is 0.478 e. The highest BCUT2D eigenvalue weighted by molar-refractivity contribution is 6.00. The number of nitrogens with one attached hydrogen (secondary N) is 1. The summed E-state index contributed by atoms with van der Waals surface area (Å²) in [6.45, 7) is 4.47. The molecule has 4 rings (SSSR count). The summed E-state index contributed by atoms with van der Waals surface area (Å²) < 4.78 is 0. The topological polar surface area (TPSA) is 66.0 Å². The van der Waals surface area contributed by atoms with Crippen LogP contribution in [-0.2, 0) is 4.79 Å². The van der Waals surface area contributed by atoms with Gasteiger partial charge in [0.25, 0.3) is 0 Å². The molecule has 4 heteroatoms. The maximum atomic E-state index is 10.9. The van der Waals surface area contributed by atoms with Crippen LogP contribution in [0.3, 0.4) is 0 Å². The Bertz CT molecular complexity index is 1280. The van der Waals surface area contributed by atoms with Gasteiger partial charge in [-0.25, -0.2) is 4.79 Å². The molecule has 0 saturated heterocycles. The fraction of sp³-hybridized carbons (Fsp3) is 0.143. The Balaban J connectivity index is 1.93. The van der Waals surface area contributed by atoms with E-state index in [9.17, 15) is 4.79 Å². The zero-order valence-corrected chi connectivity index (χ0v) is 18.2. The second-order valence-electron chi connectivity index (χ2n) is 8.28. The fourth-order valence-corrected chi connectivity index (χ4v) is 3.95. The summed E-state index contributed by atoms with van der Waals surface area (Å²) in [7, 11) is 0. The molecular weight excluding hydrogens is 396 g/mol. The maximum absolute atomic E-state index is 10.9. The Morgan fingerprint density at radius 1 is 0.969 bits per heavy atom. The quantitative estimate of drug-likeness (QED) is 0.258. The van der Waals surface area contributed by atoms with Gasteiger partial charge in [0.15, 0.2) is 0 Å². The first kappa shape index (κ1) is 21.3. The van der Waals surface area contributed by atoms with E-state index < -0.39 is 5.97 Å². The lowest BCUT2D eigenvalue weighted by molar-refractivity contribution is -0.131. The summed E-state index contributed by atoms with van der Waals surface area (Å²) in [5.41, 5.74) is 7.77. The van der Waals surface area contributed by atoms with Crippen molar-refractivity contribution in [3.05, 3.63) is 107 Å². The molecule has 0 aliphatic carbocycles. The molecule has 160 valence electrons. The van der Waals surface area contributed by atoms with Crippen molar-refractivity contribution in [2.24, 2.45) is 5.92 Å². The second kappa shape index (κ2) is 9.48. The van der Waals surface area contributed by atoms with Crippen molar-refractivity contribution in [3.8, 4) is 0 Å². The van der Waals surface area contributed by atoms with Gasteiger partial charge in [0, 0.05) is 11.5 Å². The van der Waals surface area contributed by atoms with E-state index in [1.54, 1.807) is 6.08 Å². The van der Waals surface area contributed by atoms with E-state index in [-0.39, 0.29) is 0 Å². The van der Waals surface area contributed by atoms with Gasteiger partial charge in [0.1, 0.15) is 0 Å². The maximum Gasteiger partial charge on any atom is 0.328 e. The predicted molar refractivity (Wildman–Crippen MR) is 131 cm³/mol. The number of aromatic nitrogens is 2. The van der Waals surface area contributed by atoms with Crippen molar-refractivity contribution in [2.75, 3.05) is 0 Å². The number of fused-ring (bicyclic) bond motifs is 1. The Hall–Kier alpha value is -3.92. The highest BCUT2D eigenvalue weighted by Gasteiger charge is 2.16. The van der Waals surface area contributed by atoms with Crippen LogP contribution in [0.1, 0.15) is 42.5 Å². The van der Waals surface area contributed by atoms with Crippen molar-refractivity contribution in [1.82, 2.24) is 10.2 Å². The number of carboxylic acids is 1. The van der Waals surface area contributed by atoms with Gasteiger partial charge in [-0.15, -0.1) is 0 Å². The minimum atomic E-state index is -0.952. The first-order valence-electron chi connectivity index (χ1n) is 10.7. The number of carboxylic acid groups (broad SMARTS) is 1. The number of aliphatic carboxylic acids is 1. The minimum Gasteiger partial charge on any atom is -0.478 e. The normalized spacial score (nSPS) is 12.5. The van der Waals surface area contributed by atoms with E-state index in [1.165, 1.54) is 16.7 Å². The number of hydrogen-bond donors (Lipinski definition) is 2. The van der Waals surface area contributed by atoms with Gasteiger partial charge >= 0.3 is 5.97 Å². The fourth-order valence-electron chi connectivity index (χ4n) is 3.95. The van der Waals surface area contributed by atoms with Gasteiger partial charge in [-0.05, 0) is 63.9 Å². The van der Waals surface area contributed by atoms with Crippen molar-refractivity contribution in [3.63, 3.8) is 0 Å². The molecule has 1 heterocycles. The summed E-state index contributed by atoms with van der Waals surface area (Å²) in [6.07, 6.45) is 5.55. The number of aromatic amines is 1. The lowest BCUT2D eigenvalue weighted by Gasteiger charge is -2.19. The van der Waals surface area contributed by atoms with Crippen LogP contribution in [0, 0.1) is 5.92 Å². The van der Waals surface area contributed by atoms with Crippen LogP contribution in [-0.4, -0.2) is 21.3 Å². The summed E-state index contributed by atoms with van der Waals surface area (Å²) >= 11 is 0. The van der Waals surface area contributed by atoms with Crippen LogP contribution in [0.4, 0.5) is 0 Å². The van der Waals surface area contributed by atoms with Crippen LogP contribution in [0.5, 0.6) is 0 Å². The molecule has 0 aliphatic rings. The molecule has 0 atom stereocenters. The highest BCUT2D eigenvalue weighted by atomic mass is 16.4. The Kier molecular flexibility index (Phi) is 6.31. The molecule has 4 nitrogen and oxygen atoms in total. The van der Waals surface area contributed by atoms with Gasteiger partial charge in [-0.2, -0.15) is 5.10 Å². The molecule has 0 radical (unpaired) electrons. The zero-order chi connectivity index (χ0) is 22.5. The third-order valence-electron chi connectivity index (χ3n) is 5.38. The standard InChI is InChI=1S/C28H26N2O2/c1-19(2)16-25(21-6-4-3-5-7-21)28(23-13-14-26-24(17-23)18-29-30-26)22-11-8-20(9-12-22)10-15-27(31)32/h3-15,17-19H,16H2,1-2H3,(H,29,30)(H,31,32).